The van der Waals surface area contributed by atoms with Crippen LogP contribution in [0.5, 0.6) is 0 Å². The van der Waals surface area contributed by atoms with Crippen molar-refractivity contribution in [2.24, 2.45) is 7.05 Å². The topological polar surface area (TPSA) is 149 Å². The maximum atomic E-state index is 12.4. The molecule has 2 aromatic carbocycles. The quantitative estimate of drug-likeness (QED) is 0.384. The molecule has 11 heteroatoms. The summed E-state index contributed by atoms with van der Waals surface area (Å²) in [5.74, 6) is -2.35. The Morgan fingerprint density at radius 2 is 1.71 bits per heavy atom. The first-order valence-electron chi connectivity index (χ1n) is 10.6. The molecule has 11 nitrogen and oxygen atoms in total. The van der Waals surface area contributed by atoms with E-state index >= 15 is 0 Å². The van der Waals surface area contributed by atoms with Gasteiger partial charge in [0, 0.05) is 25.2 Å². The van der Waals surface area contributed by atoms with Crippen molar-refractivity contribution in [3.63, 3.8) is 0 Å². The summed E-state index contributed by atoms with van der Waals surface area (Å²) < 4.78 is 11.7. The Morgan fingerprint density at radius 3 is 2.37 bits per heavy atom. The third-order valence-corrected chi connectivity index (χ3v) is 5.60. The highest BCUT2D eigenvalue weighted by Crippen LogP contribution is 2.44. The van der Waals surface area contributed by atoms with Gasteiger partial charge in [0.25, 0.3) is 5.91 Å². The molecule has 4 aromatic rings. The standard InChI is InChI=1S/C24H19N5O6/c1-29-11-17(23(31)32)21(27-29)26-22(30)19-10-20(35-28-19)25-24(33)34-12-18-15-8-4-2-6-13(15)14-7-3-5-9-16(14)18/h2-11,18H,12H2,1H3,(H,25,33)(H,31,32)(H,26,27,30). The fourth-order valence-electron chi connectivity index (χ4n) is 4.09. The molecule has 0 spiro atoms. The zero-order valence-corrected chi connectivity index (χ0v) is 18.4. The van der Waals surface area contributed by atoms with E-state index in [1.54, 1.807) is 0 Å². The average Bonchev–Trinajstić information content (AvgIpc) is 3.54. The number of carbonyl (C=O) groups excluding carboxylic acids is 2. The number of ether oxygens (including phenoxy) is 1. The number of rotatable bonds is 6. The number of nitrogens with zero attached hydrogens (tertiary/aromatic N) is 3. The second-order valence-corrected chi connectivity index (χ2v) is 7.85. The maximum Gasteiger partial charge on any atom is 0.414 e. The van der Waals surface area contributed by atoms with E-state index in [0.717, 1.165) is 22.3 Å². The lowest BCUT2D eigenvalue weighted by molar-refractivity contribution is 0.0697. The van der Waals surface area contributed by atoms with Gasteiger partial charge < -0.3 is 19.7 Å². The molecule has 3 N–H and O–H groups in total. The van der Waals surface area contributed by atoms with Gasteiger partial charge in [-0.05, 0) is 22.3 Å². The first kappa shape index (κ1) is 21.9. The second-order valence-electron chi connectivity index (χ2n) is 7.85. The Kier molecular flexibility index (Phi) is 5.49. The molecule has 2 heterocycles. The van der Waals surface area contributed by atoms with Crippen molar-refractivity contribution in [2.75, 3.05) is 17.2 Å². The molecule has 0 fully saturated rings. The summed E-state index contributed by atoms with van der Waals surface area (Å²) in [6.07, 6.45) is 0.484. The van der Waals surface area contributed by atoms with E-state index in [9.17, 15) is 19.5 Å². The van der Waals surface area contributed by atoms with Crippen LogP contribution in [-0.2, 0) is 11.8 Å². The molecule has 5 rings (SSSR count). The van der Waals surface area contributed by atoms with E-state index in [-0.39, 0.29) is 35.5 Å². The number of anilines is 2. The van der Waals surface area contributed by atoms with Crippen LogP contribution in [0.3, 0.4) is 0 Å². The van der Waals surface area contributed by atoms with Crippen LogP contribution in [-0.4, -0.2) is 44.6 Å². The largest absolute Gasteiger partial charge is 0.477 e. The van der Waals surface area contributed by atoms with Gasteiger partial charge in [0.15, 0.2) is 11.5 Å². The molecule has 2 aromatic heterocycles. The Hall–Kier alpha value is -4.93. The van der Waals surface area contributed by atoms with Crippen LogP contribution < -0.4 is 10.6 Å². The summed E-state index contributed by atoms with van der Waals surface area (Å²) in [7, 11) is 1.52. The highest BCUT2D eigenvalue weighted by Gasteiger charge is 2.29. The predicted octanol–water partition coefficient (Wildman–Crippen LogP) is 3.72. The van der Waals surface area contributed by atoms with Gasteiger partial charge >= 0.3 is 12.1 Å². The van der Waals surface area contributed by atoms with Crippen molar-refractivity contribution in [1.82, 2.24) is 14.9 Å². The number of aromatic carboxylic acids is 1. The van der Waals surface area contributed by atoms with Crippen molar-refractivity contribution in [2.45, 2.75) is 5.92 Å². The highest BCUT2D eigenvalue weighted by molar-refractivity contribution is 6.06. The zero-order valence-electron chi connectivity index (χ0n) is 18.4. The Labute approximate surface area is 198 Å². The molecule has 0 aliphatic heterocycles. The summed E-state index contributed by atoms with van der Waals surface area (Å²) in [4.78, 5) is 36.1. The molecule has 0 unspecified atom stereocenters. The summed E-state index contributed by atoms with van der Waals surface area (Å²) in [6, 6.07) is 17.1. The Morgan fingerprint density at radius 1 is 1.06 bits per heavy atom. The molecule has 35 heavy (non-hydrogen) atoms. The predicted molar refractivity (Wildman–Crippen MR) is 123 cm³/mol. The number of hydrogen-bond donors (Lipinski definition) is 3. The second kappa shape index (κ2) is 8.78. The van der Waals surface area contributed by atoms with Gasteiger partial charge in [-0.1, -0.05) is 53.7 Å². The molecule has 0 radical (unpaired) electrons. The van der Waals surface area contributed by atoms with Crippen LogP contribution in [0.1, 0.15) is 37.9 Å². The number of amides is 2. The molecular weight excluding hydrogens is 454 g/mol. The first-order chi connectivity index (χ1) is 16.9. The van der Waals surface area contributed by atoms with Crippen LogP contribution in [0.25, 0.3) is 11.1 Å². The molecule has 0 atom stereocenters. The SMILES string of the molecule is Cn1cc(C(=O)O)c(NC(=O)c2cc(NC(=O)OCC3c4ccccc4-c4ccccc43)on2)n1. The van der Waals surface area contributed by atoms with E-state index < -0.39 is 18.0 Å². The van der Waals surface area contributed by atoms with Gasteiger partial charge in [0.1, 0.15) is 12.2 Å². The fraction of sp³-hybridized carbons (Fsp3) is 0.125. The van der Waals surface area contributed by atoms with Gasteiger partial charge in [-0.3, -0.25) is 14.8 Å². The number of aromatic nitrogens is 3. The summed E-state index contributed by atoms with van der Waals surface area (Å²) in [6.45, 7) is 0.110. The van der Waals surface area contributed by atoms with Crippen LogP contribution in [0.2, 0.25) is 0 Å². The van der Waals surface area contributed by atoms with Gasteiger partial charge in [-0.2, -0.15) is 5.10 Å². The lowest BCUT2D eigenvalue weighted by Crippen LogP contribution is -2.17. The van der Waals surface area contributed by atoms with Crippen molar-refractivity contribution in [3.8, 4) is 11.1 Å². The van der Waals surface area contributed by atoms with E-state index in [0.29, 0.717) is 0 Å². The van der Waals surface area contributed by atoms with Gasteiger partial charge in [-0.15, -0.1) is 0 Å². The third-order valence-electron chi connectivity index (χ3n) is 5.60. The summed E-state index contributed by atoms with van der Waals surface area (Å²) >= 11 is 0. The molecule has 0 saturated heterocycles. The molecule has 0 bridgehead atoms. The van der Waals surface area contributed by atoms with Crippen LogP contribution in [0.4, 0.5) is 16.5 Å². The average molecular weight is 473 g/mol. The minimum absolute atomic E-state index is 0.105. The van der Waals surface area contributed by atoms with Crippen LogP contribution in [0.15, 0.2) is 65.3 Å². The number of benzene rings is 2. The smallest absolute Gasteiger partial charge is 0.414 e. The van der Waals surface area contributed by atoms with E-state index in [4.69, 9.17) is 9.26 Å². The molecule has 1 aliphatic rings. The monoisotopic (exact) mass is 473 g/mol. The maximum absolute atomic E-state index is 12.4. The molecule has 2 amide bonds. The molecule has 0 saturated carbocycles. The van der Waals surface area contributed by atoms with E-state index in [1.165, 1.54) is 24.0 Å². The fourth-order valence-corrected chi connectivity index (χ4v) is 4.09. The number of carboxylic acid groups (broad SMARTS) is 1. The third kappa shape index (κ3) is 4.22. The normalized spacial score (nSPS) is 12.0. The van der Waals surface area contributed by atoms with Crippen molar-refractivity contribution < 1.29 is 28.8 Å². The number of hydrogen-bond acceptors (Lipinski definition) is 7. The van der Waals surface area contributed by atoms with Crippen molar-refractivity contribution in [1.29, 1.82) is 0 Å². The minimum atomic E-state index is -1.24. The van der Waals surface area contributed by atoms with Gasteiger partial charge in [0.2, 0.25) is 5.88 Å². The number of aryl methyl sites for hydroxylation is 1. The minimum Gasteiger partial charge on any atom is -0.477 e. The van der Waals surface area contributed by atoms with Crippen molar-refractivity contribution in [3.05, 3.63) is 83.2 Å². The Balaban J connectivity index is 1.22. The molecular formula is C24H19N5O6. The molecule has 176 valence electrons. The van der Waals surface area contributed by atoms with Gasteiger partial charge in [-0.25, -0.2) is 9.59 Å². The van der Waals surface area contributed by atoms with Gasteiger partial charge in [0.05, 0.1) is 0 Å². The molecule has 1 aliphatic carbocycles. The van der Waals surface area contributed by atoms with E-state index in [2.05, 4.69) is 20.9 Å². The number of carboxylic acids is 1. The Bertz CT molecular complexity index is 1410. The summed E-state index contributed by atoms with van der Waals surface area (Å²) in [5.41, 5.74) is 4.02. The van der Waals surface area contributed by atoms with Crippen molar-refractivity contribution >= 4 is 29.7 Å². The van der Waals surface area contributed by atoms with Crippen LogP contribution in [0, 0.1) is 0 Å². The number of fused-ring (bicyclic) bond motifs is 3. The summed E-state index contributed by atoms with van der Waals surface area (Å²) in [5, 5.41) is 21.5. The first-order valence-corrected chi connectivity index (χ1v) is 10.6. The highest BCUT2D eigenvalue weighted by atomic mass is 16.6. The lowest BCUT2D eigenvalue weighted by Gasteiger charge is -2.13. The number of nitrogens with one attached hydrogen (secondary N) is 2. The van der Waals surface area contributed by atoms with Crippen LogP contribution >= 0.6 is 0 Å². The van der Waals surface area contributed by atoms with E-state index in [1.807, 2.05) is 48.5 Å². The lowest BCUT2D eigenvalue weighted by atomic mass is 9.98. The number of carbonyl (C=O) groups is 3. The zero-order chi connectivity index (χ0) is 24.5.